The van der Waals surface area contributed by atoms with Crippen molar-refractivity contribution in [2.24, 2.45) is 5.73 Å². The van der Waals surface area contributed by atoms with E-state index in [4.69, 9.17) is 5.73 Å². The van der Waals surface area contributed by atoms with Gasteiger partial charge in [-0.1, -0.05) is 121 Å². The first-order valence-corrected chi connectivity index (χ1v) is 14.1. The van der Waals surface area contributed by atoms with E-state index >= 15 is 0 Å². The molecule has 2 aromatic carbocycles. The number of primary amides is 1. The summed E-state index contributed by atoms with van der Waals surface area (Å²) in [6, 6.07) is 14.8. The molecule has 36 heavy (non-hydrogen) atoms. The van der Waals surface area contributed by atoms with Crippen molar-refractivity contribution in [1.29, 1.82) is 0 Å². The Morgan fingerprint density at radius 3 is 1.78 bits per heavy atom. The van der Waals surface area contributed by atoms with Gasteiger partial charge in [0.1, 0.15) is 0 Å². The van der Waals surface area contributed by atoms with Crippen molar-refractivity contribution in [2.75, 3.05) is 6.54 Å². The van der Waals surface area contributed by atoms with Crippen LogP contribution in [-0.2, 0) is 6.42 Å². The number of hydrazine groups is 1. The molecule has 0 aromatic heterocycles. The van der Waals surface area contributed by atoms with Gasteiger partial charge in [0.25, 0.3) is 5.91 Å². The second-order valence-corrected chi connectivity index (χ2v) is 9.87. The molecule has 0 spiro atoms. The minimum absolute atomic E-state index is 0.135. The smallest absolute Gasteiger partial charge is 0.265 e. The normalized spacial score (nSPS) is 10.9. The first kappa shape index (κ1) is 29.6. The third-order valence-electron chi connectivity index (χ3n) is 6.75. The van der Waals surface area contributed by atoms with Crippen molar-refractivity contribution in [3.63, 3.8) is 0 Å². The van der Waals surface area contributed by atoms with Gasteiger partial charge in [-0.15, -0.1) is 0 Å². The topological polar surface area (TPSA) is 84.2 Å². The van der Waals surface area contributed by atoms with Gasteiger partial charge in [0, 0.05) is 17.7 Å². The van der Waals surface area contributed by atoms with E-state index in [0.29, 0.717) is 17.5 Å². The molecule has 0 radical (unpaired) electrons. The van der Waals surface area contributed by atoms with Crippen molar-refractivity contribution in [3.05, 3.63) is 70.8 Å². The highest BCUT2D eigenvalue weighted by Gasteiger charge is 2.09. The van der Waals surface area contributed by atoms with Crippen molar-refractivity contribution in [3.8, 4) is 0 Å². The Morgan fingerprint density at radius 1 is 0.694 bits per heavy atom. The molecule has 0 bridgehead atoms. The van der Waals surface area contributed by atoms with E-state index in [2.05, 4.69) is 17.8 Å². The Kier molecular flexibility index (Phi) is 15.3. The van der Waals surface area contributed by atoms with Crippen LogP contribution < -0.4 is 16.6 Å². The maximum Gasteiger partial charge on any atom is 0.265 e. The molecule has 2 amide bonds. The molecule has 5 heteroatoms. The minimum atomic E-state index is -0.425. The quantitative estimate of drug-likeness (QED) is 0.136. The van der Waals surface area contributed by atoms with Crippen LogP contribution in [0.2, 0.25) is 0 Å². The molecule has 4 N–H and O–H groups in total. The third kappa shape index (κ3) is 12.3. The van der Waals surface area contributed by atoms with Crippen LogP contribution in [0.1, 0.15) is 129 Å². The van der Waals surface area contributed by atoms with Crippen LogP contribution in [0, 0.1) is 0 Å². The first-order valence-electron chi connectivity index (χ1n) is 14.1. The van der Waals surface area contributed by atoms with Gasteiger partial charge in [-0.05, 0) is 42.2 Å². The van der Waals surface area contributed by atoms with E-state index in [1.165, 1.54) is 83.5 Å². The van der Waals surface area contributed by atoms with Crippen LogP contribution in [0.5, 0.6) is 0 Å². The number of hydrogen-bond donors (Lipinski definition) is 3. The second-order valence-electron chi connectivity index (χ2n) is 9.87. The van der Waals surface area contributed by atoms with Crippen LogP contribution in [0.3, 0.4) is 0 Å². The van der Waals surface area contributed by atoms with E-state index in [1.54, 1.807) is 6.07 Å². The average Bonchev–Trinajstić information content (AvgIpc) is 2.89. The maximum absolute atomic E-state index is 12.4. The van der Waals surface area contributed by atoms with Crippen molar-refractivity contribution in [1.82, 2.24) is 10.9 Å². The van der Waals surface area contributed by atoms with Crippen LogP contribution in [-0.4, -0.2) is 18.4 Å². The zero-order valence-corrected chi connectivity index (χ0v) is 22.3. The number of unbranched alkanes of at least 4 members (excludes halogenated alkanes) is 13. The summed E-state index contributed by atoms with van der Waals surface area (Å²) in [5, 5.41) is 0. The number of carbonyl (C=O) groups is 2. The van der Waals surface area contributed by atoms with Crippen molar-refractivity contribution >= 4 is 11.8 Å². The molecule has 0 atom stereocenters. The van der Waals surface area contributed by atoms with Gasteiger partial charge in [0.15, 0.2) is 0 Å². The highest BCUT2D eigenvalue weighted by atomic mass is 16.2. The van der Waals surface area contributed by atoms with Gasteiger partial charge in [0.2, 0.25) is 5.91 Å². The van der Waals surface area contributed by atoms with Crippen LogP contribution >= 0.6 is 0 Å². The van der Waals surface area contributed by atoms with Gasteiger partial charge < -0.3 is 5.73 Å². The third-order valence-corrected chi connectivity index (χ3v) is 6.75. The fraction of sp³-hybridized carbons (Fsp3) is 0.548. The zero-order chi connectivity index (χ0) is 25.8. The van der Waals surface area contributed by atoms with E-state index in [1.807, 2.05) is 42.5 Å². The molecule has 0 aliphatic carbocycles. The lowest BCUT2D eigenvalue weighted by molar-refractivity contribution is 0.0932. The molecule has 0 heterocycles. The van der Waals surface area contributed by atoms with E-state index in [9.17, 15) is 9.59 Å². The van der Waals surface area contributed by atoms with E-state index in [0.717, 1.165) is 24.1 Å². The molecule has 0 fully saturated rings. The molecule has 2 aromatic rings. The lowest BCUT2D eigenvalue weighted by Crippen LogP contribution is -2.37. The zero-order valence-electron chi connectivity index (χ0n) is 22.3. The number of benzene rings is 2. The van der Waals surface area contributed by atoms with E-state index in [-0.39, 0.29) is 5.91 Å². The molecule has 0 unspecified atom stereocenters. The highest BCUT2D eigenvalue weighted by molar-refractivity contribution is 5.95. The standard InChI is InChI=1S/C31H47N3O2/c1-2-3-4-5-6-7-8-9-10-11-12-13-14-17-24-33-34-31(36)27-22-20-26(21-23-27)25-28-18-15-16-19-29(28)30(32)35/h15-16,18-23,33H,2-14,17,24-25H2,1H3,(H2,32,35)(H,34,36). The molecule has 2 rings (SSSR count). The molecule has 0 saturated heterocycles. The molecule has 5 nitrogen and oxygen atoms in total. The summed E-state index contributed by atoms with van der Waals surface area (Å²) in [6.45, 7) is 3.06. The summed E-state index contributed by atoms with van der Waals surface area (Å²) in [5.41, 5.74) is 14.4. The fourth-order valence-electron chi connectivity index (χ4n) is 4.53. The summed E-state index contributed by atoms with van der Waals surface area (Å²) < 4.78 is 0. The van der Waals surface area contributed by atoms with Crippen molar-refractivity contribution in [2.45, 2.75) is 103 Å². The lowest BCUT2D eigenvalue weighted by Gasteiger charge is -2.09. The van der Waals surface area contributed by atoms with Crippen molar-refractivity contribution < 1.29 is 9.59 Å². The number of nitrogens with two attached hydrogens (primary N) is 1. The molecular weight excluding hydrogens is 446 g/mol. The molecular formula is C31H47N3O2. The number of rotatable bonds is 20. The number of nitrogens with one attached hydrogen (secondary N) is 2. The second kappa shape index (κ2) is 18.6. The first-order chi connectivity index (χ1) is 17.6. The maximum atomic E-state index is 12.4. The Bertz CT molecular complexity index is 880. The number of hydrogen-bond acceptors (Lipinski definition) is 3. The molecule has 0 aliphatic heterocycles. The number of carbonyl (C=O) groups excluding carboxylic acids is 2. The molecule has 0 aliphatic rings. The molecule has 0 saturated carbocycles. The predicted octanol–water partition coefficient (Wildman–Crippen LogP) is 7.09. The van der Waals surface area contributed by atoms with Crippen LogP contribution in [0.4, 0.5) is 0 Å². The largest absolute Gasteiger partial charge is 0.366 e. The Hall–Kier alpha value is -2.66. The van der Waals surface area contributed by atoms with Gasteiger partial charge >= 0.3 is 0 Å². The average molecular weight is 494 g/mol. The Morgan fingerprint density at radius 2 is 1.22 bits per heavy atom. The SMILES string of the molecule is CCCCCCCCCCCCCCCCNNC(=O)c1ccc(Cc2ccccc2C(N)=O)cc1. The number of amides is 2. The highest BCUT2D eigenvalue weighted by Crippen LogP contribution is 2.15. The van der Waals surface area contributed by atoms with Crippen LogP contribution in [0.25, 0.3) is 0 Å². The van der Waals surface area contributed by atoms with Gasteiger partial charge in [0.05, 0.1) is 0 Å². The van der Waals surface area contributed by atoms with E-state index < -0.39 is 5.91 Å². The summed E-state index contributed by atoms with van der Waals surface area (Å²) in [7, 11) is 0. The Balaban J connectivity index is 1.49. The summed E-state index contributed by atoms with van der Waals surface area (Å²) in [5.74, 6) is -0.559. The van der Waals surface area contributed by atoms with Crippen LogP contribution in [0.15, 0.2) is 48.5 Å². The monoisotopic (exact) mass is 493 g/mol. The Labute approximate surface area is 218 Å². The van der Waals surface area contributed by atoms with Gasteiger partial charge in [-0.25, -0.2) is 5.43 Å². The minimum Gasteiger partial charge on any atom is -0.366 e. The molecule has 198 valence electrons. The fourth-order valence-corrected chi connectivity index (χ4v) is 4.53. The predicted molar refractivity (Wildman–Crippen MR) is 150 cm³/mol. The van der Waals surface area contributed by atoms with Gasteiger partial charge in [-0.2, -0.15) is 0 Å². The van der Waals surface area contributed by atoms with Gasteiger partial charge in [-0.3, -0.25) is 15.0 Å². The summed E-state index contributed by atoms with van der Waals surface area (Å²) >= 11 is 0. The lowest BCUT2D eigenvalue weighted by atomic mass is 9.98. The summed E-state index contributed by atoms with van der Waals surface area (Å²) in [4.78, 5) is 24.0. The summed E-state index contributed by atoms with van der Waals surface area (Å²) in [6.07, 6.45) is 19.4.